The zero-order valence-electron chi connectivity index (χ0n) is 15.4. The SMILES string of the molecule is C[C@H]1CCc2cc(O)ccc2[C@H]1c1ccc(N2CCC(C=O)CC2)cc1. The number of hydrogen-bond acceptors (Lipinski definition) is 3. The summed E-state index contributed by atoms with van der Waals surface area (Å²) >= 11 is 0. The quantitative estimate of drug-likeness (QED) is 0.828. The van der Waals surface area contributed by atoms with Crippen LogP contribution >= 0.6 is 0 Å². The first-order valence-electron chi connectivity index (χ1n) is 9.77. The molecule has 1 aliphatic heterocycles. The van der Waals surface area contributed by atoms with Crippen LogP contribution in [-0.2, 0) is 11.2 Å². The molecule has 1 saturated heterocycles. The smallest absolute Gasteiger partial charge is 0.123 e. The van der Waals surface area contributed by atoms with E-state index >= 15 is 0 Å². The number of nitrogens with zero attached hydrogens (tertiary/aromatic N) is 1. The van der Waals surface area contributed by atoms with E-state index in [9.17, 15) is 9.90 Å². The molecule has 26 heavy (non-hydrogen) atoms. The van der Waals surface area contributed by atoms with E-state index in [-0.39, 0.29) is 5.92 Å². The maximum atomic E-state index is 10.9. The first kappa shape index (κ1) is 17.1. The Bertz CT molecular complexity index is 775. The second kappa shape index (κ2) is 7.14. The molecule has 0 radical (unpaired) electrons. The van der Waals surface area contributed by atoms with Crippen molar-refractivity contribution in [1.29, 1.82) is 0 Å². The van der Waals surface area contributed by atoms with E-state index in [0.717, 1.165) is 45.1 Å². The van der Waals surface area contributed by atoms with E-state index < -0.39 is 0 Å². The fourth-order valence-electron chi connectivity index (χ4n) is 4.66. The van der Waals surface area contributed by atoms with Crippen LogP contribution in [0.2, 0.25) is 0 Å². The second-order valence-corrected chi connectivity index (χ2v) is 7.93. The average Bonchev–Trinajstić information content (AvgIpc) is 2.68. The number of phenols is 1. The van der Waals surface area contributed by atoms with Crippen molar-refractivity contribution < 1.29 is 9.90 Å². The van der Waals surface area contributed by atoms with Crippen molar-refractivity contribution in [2.75, 3.05) is 18.0 Å². The number of piperidine rings is 1. The lowest BCUT2D eigenvalue weighted by molar-refractivity contribution is -0.111. The fraction of sp³-hybridized carbons (Fsp3) is 0.435. The number of carbonyl (C=O) groups excluding carboxylic acids is 1. The minimum Gasteiger partial charge on any atom is -0.508 e. The van der Waals surface area contributed by atoms with Gasteiger partial charge < -0.3 is 14.8 Å². The molecule has 2 atom stereocenters. The molecule has 0 saturated carbocycles. The Hall–Kier alpha value is -2.29. The number of fused-ring (bicyclic) bond motifs is 1. The van der Waals surface area contributed by atoms with Crippen LogP contribution in [0.4, 0.5) is 5.69 Å². The van der Waals surface area contributed by atoms with Gasteiger partial charge in [-0.3, -0.25) is 0 Å². The molecule has 2 aromatic carbocycles. The number of aldehydes is 1. The van der Waals surface area contributed by atoms with E-state index in [0.29, 0.717) is 17.6 Å². The van der Waals surface area contributed by atoms with Gasteiger partial charge in [-0.1, -0.05) is 25.1 Å². The highest BCUT2D eigenvalue weighted by Gasteiger charge is 2.28. The van der Waals surface area contributed by atoms with Crippen molar-refractivity contribution in [3.63, 3.8) is 0 Å². The van der Waals surface area contributed by atoms with Gasteiger partial charge in [0.05, 0.1) is 0 Å². The maximum absolute atomic E-state index is 10.9. The van der Waals surface area contributed by atoms with Gasteiger partial charge in [0.1, 0.15) is 12.0 Å². The Morgan fingerprint density at radius 3 is 2.46 bits per heavy atom. The molecule has 4 rings (SSSR count). The van der Waals surface area contributed by atoms with Gasteiger partial charge in [0.25, 0.3) is 0 Å². The Balaban J connectivity index is 1.56. The van der Waals surface area contributed by atoms with Gasteiger partial charge in [0.2, 0.25) is 0 Å². The normalized spacial score (nSPS) is 23.5. The number of aromatic hydroxyl groups is 1. The first-order valence-corrected chi connectivity index (χ1v) is 9.77. The van der Waals surface area contributed by atoms with Crippen LogP contribution in [0.5, 0.6) is 5.75 Å². The Labute approximate surface area is 155 Å². The van der Waals surface area contributed by atoms with E-state index in [1.165, 1.54) is 22.4 Å². The highest BCUT2D eigenvalue weighted by molar-refractivity contribution is 5.56. The van der Waals surface area contributed by atoms with Gasteiger partial charge in [-0.15, -0.1) is 0 Å². The minimum atomic E-state index is 0.238. The number of benzene rings is 2. The van der Waals surface area contributed by atoms with Crippen molar-refractivity contribution in [3.8, 4) is 5.75 Å². The van der Waals surface area contributed by atoms with Gasteiger partial charge in [0, 0.05) is 30.6 Å². The first-order chi connectivity index (χ1) is 12.7. The summed E-state index contributed by atoms with van der Waals surface area (Å²) < 4.78 is 0. The number of aryl methyl sites for hydroxylation is 1. The highest BCUT2D eigenvalue weighted by atomic mass is 16.3. The van der Waals surface area contributed by atoms with Crippen molar-refractivity contribution in [2.45, 2.75) is 38.5 Å². The standard InChI is InChI=1S/C23H27NO2/c1-16-2-3-19-14-21(26)8-9-22(19)23(16)18-4-6-20(7-5-18)24-12-10-17(15-25)11-13-24/h4-9,14-17,23,26H,2-3,10-13H2,1H3/t16-,23+/m0/s1. The third-order valence-corrected chi connectivity index (χ3v) is 6.25. The molecule has 3 nitrogen and oxygen atoms in total. The van der Waals surface area contributed by atoms with Crippen LogP contribution in [-0.4, -0.2) is 24.5 Å². The lowest BCUT2D eigenvalue weighted by atomic mass is 9.72. The van der Waals surface area contributed by atoms with Crippen LogP contribution in [0.25, 0.3) is 0 Å². The number of phenolic OH excluding ortho intramolecular Hbond substituents is 1. The van der Waals surface area contributed by atoms with Gasteiger partial charge in [-0.2, -0.15) is 0 Å². The van der Waals surface area contributed by atoms with E-state index in [1.807, 2.05) is 12.1 Å². The molecular formula is C23H27NO2. The van der Waals surface area contributed by atoms with Gasteiger partial charge >= 0.3 is 0 Å². The molecule has 1 fully saturated rings. The zero-order valence-corrected chi connectivity index (χ0v) is 15.4. The molecule has 1 aliphatic carbocycles. The monoisotopic (exact) mass is 349 g/mol. The van der Waals surface area contributed by atoms with Crippen LogP contribution in [0, 0.1) is 11.8 Å². The molecule has 0 bridgehead atoms. The molecule has 2 aromatic rings. The third kappa shape index (κ3) is 3.23. The number of hydrogen-bond donors (Lipinski definition) is 1. The Morgan fingerprint density at radius 2 is 1.77 bits per heavy atom. The summed E-state index contributed by atoms with van der Waals surface area (Å²) in [6.07, 6.45) is 5.23. The molecule has 3 heteroatoms. The summed E-state index contributed by atoms with van der Waals surface area (Å²) in [5.74, 6) is 1.60. The van der Waals surface area contributed by atoms with E-state index in [2.05, 4.69) is 42.2 Å². The maximum Gasteiger partial charge on any atom is 0.123 e. The van der Waals surface area contributed by atoms with Crippen molar-refractivity contribution in [3.05, 3.63) is 59.2 Å². The molecule has 0 aromatic heterocycles. The molecule has 1 heterocycles. The van der Waals surface area contributed by atoms with Crippen LogP contribution < -0.4 is 4.90 Å². The van der Waals surface area contributed by atoms with E-state index in [4.69, 9.17) is 0 Å². The molecule has 0 unspecified atom stereocenters. The fourth-order valence-corrected chi connectivity index (χ4v) is 4.66. The largest absolute Gasteiger partial charge is 0.508 e. The summed E-state index contributed by atoms with van der Waals surface area (Å²) in [5, 5.41) is 9.80. The average molecular weight is 349 g/mol. The van der Waals surface area contributed by atoms with Crippen molar-refractivity contribution >= 4 is 12.0 Å². The Morgan fingerprint density at radius 1 is 1.04 bits per heavy atom. The topological polar surface area (TPSA) is 40.5 Å². The number of anilines is 1. The Kier molecular flexibility index (Phi) is 4.71. The lowest BCUT2D eigenvalue weighted by Gasteiger charge is -2.34. The molecule has 1 N–H and O–H groups in total. The predicted octanol–water partition coefficient (Wildman–Crippen LogP) is 4.52. The second-order valence-electron chi connectivity index (χ2n) is 7.93. The molecular weight excluding hydrogens is 322 g/mol. The lowest BCUT2D eigenvalue weighted by Crippen LogP contribution is -2.34. The number of carbonyl (C=O) groups is 1. The highest BCUT2D eigenvalue weighted by Crippen LogP contribution is 2.42. The predicted molar refractivity (Wildman–Crippen MR) is 105 cm³/mol. The summed E-state index contributed by atoms with van der Waals surface area (Å²) in [5.41, 5.74) is 5.26. The van der Waals surface area contributed by atoms with Crippen LogP contribution in [0.15, 0.2) is 42.5 Å². The van der Waals surface area contributed by atoms with Crippen molar-refractivity contribution in [1.82, 2.24) is 0 Å². The summed E-state index contributed by atoms with van der Waals surface area (Å²) in [6.45, 7) is 4.26. The van der Waals surface area contributed by atoms with Crippen LogP contribution in [0.1, 0.15) is 48.8 Å². The van der Waals surface area contributed by atoms with Gasteiger partial charge in [-0.25, -0.2) is 0 Å². The minimum absolute atomic E-state index is 0.238. The molecule has 136 valence electrons. The summed E-state index contributed by atoms with van der Waals surface area (Å²) in [6, 6.07) is 14.8. The number of rotatable bonds is 3. The van der Waals surface area contributed by atoms with E-state index in [1.54, 1.807) is 0 Å². The molecule has 0 amide bonds. The van der Waals surface area contributed by atoms with Crippen LogP contribution in [0.3, 0.4) is 0 Å². The summed E-state index contributed by atoms with van der Waals surface area (Å²) in [4.78, 5) is 13.3. The molecule has 2 aliphatic rings. The zero-order chi connectivity index (χ0) is 18.1. The summed E-state index contributed by atoms with van der Waals surface area (Å²) in [7, 11) is 0. The van der Waals surface area contributed by atoms with Gasteiger partial charge in [-0.05, 0) is 72.6 Å². The van der Waals surface area contributed by atoms with Gasteiger partial charge in [0.15, 0.2) is 0 Å². The van der Waals surface area contributed by atoms with Crippen molar-refractivity contribution in [2.24, 2.45) is 11.8 Å². The third-order valence-electron chi connectivity index (χ3n) is 6.25. The molecule has 0 spiro atoms.